The minimum absolute atomic E-state index is 0.0669. The van der Waals surface area contributed by atoms with Crippen LogP contribution in [0, 0.1) is 28.6 Å². The third kappa shape index (κ3) is 2.86. The molecule has 0 aromatic rings. The number of esters is 1. The first-order chi connectivity index (χ1) is 14.7. The summed E-state index contributed by atoms with van der Waals surface area (Å²) in [5, 5.41) is 2.54. The van der Waals surface area contributed by atoms with Crippen molar-refractivity contribution >= 4 is 17.8 Å². The number of amides is 1. The van der Waals surface area contributed by atoms with Gasteiger partial charge in [0, 0.05) is 36.6 Å². The number of ether oxygens (including phenoxy) is 2. The van der Waals surface area contributed by atoms with Gasteiger partial charge in [0.05, 0.1) is 6.61 Å². The normalized spacial score (nSPS) is 43.4. The maximum absolute atomic E-state index is 12.2. The quantitative estimate of drug-likeness (QED) is 0.530. The molecule has 1 saturated heterocycles. The van der Waals surface area contributed by atoms with E-state index in [1.807, 2.05) is 6.08 Å². The molecular formula is C25H33NO5. The molecule has 0 aromatic heterocycles. The van der Waals surface area contributed by atoms with Crippen LogP contribution in [0.15, 0.2) is 23.3 Å². The lowest BCUT2D eigenvalue weighted by molar-refractivity contribution is -0.161. The number of hydrogen-bond acceptors (Lipinski definition) is 5. The van der Waals surface area contributed by atoms with Crippen molar-refractivity contribution in [3.05, 3.63) is 23.3 Å². The fourth-order valence-corrected chi connectivity index (χ4v) is 7.70. The van der Waals surface area contributed by atoms with E-state index < -0.39 is 6.09 Å². The smallest absolute Gasteiger partial charge is 0.406 e. The zero-order chi connectivity index (χ0) is 22.0. The second kappa shape index (κ2) is 6.94. The molecule has 0 radical (unpaired) electrons. The van der Waals surface area contributed by atoms with E-state index in [0.29, 0.717) is 25.4 Å². The lowest BCUT2D eigenvalue weighted by Gasteiger charge is -2.57. The van der Waals surface area contributed by atoms with Crippen LogP contribution in [-0.4, -0.2) is 37.1 Å². The molecule has 0 bridgehead atoms. The molecule has 1 spiro atoms. The van der Waals surface area contributed by atoms with Crippen molar-refractivity contribution in [1.82, 2.24) is 5.32 Å². The highest BCUT2D eigenvalue weighted by atomic mass is 16.6. The molecule has 6 atom stereocenters. The van der Waals surface area contributed by atoms with Gasteiger partial charge in [-0.15, -0.1) is 0 Å². The van der Waals surface area contributed by atoms with Crippen molar-refractivity contribution in [2.75, 3.05) is 13.7 Å². The molecule has 2 unspecified atom stereocenters. The molecule has 1 heterocycles. The monoisotopic (exact) mass is 427 g/mol. The molecule has 2 saturated carbocycles. The summed E-state index contributed by atoms with van der Waals surface area (Å²) in [5.74, 6) is 0.925. The Kier molecular flexibility index (Phi) is 4.65. The van der Waals surface area contributed by atoms with E-state index >= 15 is 0 Å². The average molecular weight is 428 g/mol. The van der Waals surface area contributed by atoms with Gasteiger partial charge in [0.1, 0.15) is 5.60 Å². The second-order valence-electron chi connectivity index (χ2n) is 10.7. The molecule has 6 heteroatoms. The van der Waals surface area contributed by atoms with Crippen molar-refractivity contribution in [2.24, 2.45) is 28.6 Å². The van der Waals surface area contributed by atoms with Gasteiger partial charge in [-0.2, -0.15) is 0 Å². The summed E-state index contributed by atoms with van der Waals surface area (Å²) in [5.41, 5.74) is 2.07. The van der Waals surface area contributed by atoms with E-state index in [9.17, 15) is 14.4 Å². The molecule has 5 aliphatic rings. The van der Waals surface area contributed by atoms with Crippen LogP contribution in [0.2, 0.25) is 0 Å². The molecule has 3 fully saturated rings. The van der Waals surface area contributed by atoms with Gasteiger partial charge in [0.2, 0.25) is 0 Å². The summed E-state index contributed by atoms with van der Waals surface area (Å²) in [4.78, 5) is 36.2. The van der Waals surface area contributed by atoms with Crippen molar-refractivity contribution < 1.29 is 23.9 Å². The first-order valence-corrected chi connectivity index (χ1v) is 11.7. The van der Waals surface area contributed by atoms with Crippen molar-refractivity contribution in [2.45, 2.75) is 70.8 Å². The van der Waals surface area contributed by atoms with Crippen molar-refractivity contribution in [1.29, 1.82) is 0 Å². The standard InChI is InChI=1S/C25H33NO5/c1-23-8-4-17(27)13-16(23)12-15(14-30-22(29)26-3)21-18(23)5-9-24(2)19(21)6-10-25(24)11-7-20(28)31-25/h5,13,15,19,21H,4,6-12,14H2,1-3H3,(H,26,29)/t15-,19?,21?,23-,24-,25+/m0/s1. The van der Waals surface area contributed by atoms with Crippen molar-refractivity contribution in [3.8, 4) is 0 Å². The summed E-state index contributed by atoms with van der Waals surface area (Å²) in [6, 6.07) is 0. The van der Waals surface area contributed by atoms with Gasteiger partial charge < -0.3 is 14.8 Å². The highest BCUT2D eigenvalue weighted by Crippen LogP contribution is 2.68. The molecule has 31 heavy (non-hydrogen) atoms. The van der Waals surface area contributed by atoms with Crippen LogP contribution in [0.4, 0.5) is 4.79 Å². The number of hydrogen-bond donors (Lipinski definition) is 1. The number of carbonyl (C=O) groups is 3. The van der Waals surface area contributed by atoms with Crippen LogP contribution in [0.1, 0.15) is 65.2 Å². The summed E-state index contributed by atoms with van der Waals surface area (Å²) in [7, 11) is 1.57. The zero-order valence-corrected chi connectivity index (χ0v) is 18.8. The van der Waals surface area contributed by atoms with Crippen molar-refractivity contribution in [3.63, 3.8) is 0 Å². The molecule has 1 N–H and O–H groups in total. The predicted octanol–water partition coefficient (Wildman–Crippen LogP) is 4.10. The SMILES string of the molecule is CNC(=O)OC[C@@H]1CC2=CC(=O)CC[C@]2(C)C2=CC[C@@]3(C)C(CC[C@@]34CCC(=O)O4)C21. The van der Waals surface area contributed by atoms with Crippen LogP contribution in [0.3, 0.4) is 0 Å². The molecule has 168 valence electrons. The first kappa shape index (κ1) is 20.8. The van der Waals surface area contributed by atoms with Gasteiger partial charge in [-0.25, -0.2) is 4.79 Å². The number of carbonyl (C=O) groups excluding carboxylic acids is 3. The molecule has 5 rings (SSSR count). The summed E-state index contributed by atoms with van der Waals surface area (Å²) in [6.07, 6.45) is 10.2. The van der Waals surface area contributed by atoms with Crippen LogP contribution in [-0.2, 0) is 19.1 Å². The Morgan fingerprint density at radius 3 is 2.74 bits per heavy atom. The Hall–Kier alpha value is -2.11. The summed E-state index contributed by atoms with van der Waals surface area (Å²) < 4.78 is 11.6. The van der Waals surface area contributed by atoms with E-state index in [2.05, 4.69) is 25.2 Å². The minimum Gasteiger partial charge on any atom is -0.458 e. The average Bonchev–Trinajstić information content (AvgIpc) is 3.27. The van der Waals surface area contributed by atoms with Gasteiger partial charge in [-0.1, -0.05) is 31.1 Å². The molecule has 1 aliphatic heterocycles. The fraction of sp³-hybridized carbons (Fsp3) is 0.720. The predicted molar refractivity (Wildman–Crippen MR) is 114 cm³/mol. The third-order valence-electron chi connectivity index (χ3n) is 9.47. The highest BCUT2D eigenvalue weighted by molar-refractivity contribution is 5.92. The Morgan fingerprint density at radius 1 is 1.23 bits per heavy atom. The van der Waals surface area contributed by atoms with E-state index in [0.717, 1.165) is 38.5 Å². The van der Waals surface area contributed by atoms with Gasteiger partial charge >= 0.3 is 12.1 Å². The lowest BCUT2D eigenvalue weighted by atomic mass is 9.48. The maximum Gasteiger partial charge on any atom is 0.406 e. The van der Waals surface area contributed by atoms with E-state index in [4.69, 9.17) is 9.47 Å². The summed E-state index contributed by atoms with van der Waals surface area (Å²) >= 11 is 0. The first-order valence-electron chi connectivity index (χ1n) is 11.7. The van der Waals surface area contributed by atoms with Crippen LogP contribution < -0.4 is 5.32 Å². The Balaban J connectivity index is 1.56. The third-order valence-corrected chi connectivity index (χ3v) is 9.47. The molecule has 0 aromatic carbocycles. The Morgan fingerprint density at radius 2 is 2.03 bits per heavy atom. The molecule has 4 aliphatic carbocycles. The van der Waals surface area contributed by atoms with E-state index in [-0.39, 0.29) is 40.0 Å². The zero-order valence-electron chi connectivity index (χ0n) is 18.8. The number of ketones is 1. The number of nitrogens with one attached hydrogen (secondary N) is 1. The van der Waals surface area contributed by atoms with Gasteiger partial charge in [-0.05, 0) is 56.4 Å². The van der Waals surface area contributed by atoms with Gasteiger partial charge in [-0.3, -0.25) is 9.59 Å². The molecule has 6 nitrogen and oxygen atoms in total. The topological polar surface area (TPSA) is 81.7 Å². The number of alkyl carbamates (subject to hydrolysis) is 1. The highest BCUT2D eigenvalue weighted by Gasteiger charge is 2.66. The fourth-order valence-electron chi connectivity index (χ4n) is 7.70. The van der Waals surface area contributed by atoms with Crippen LogP contribution in [0.5, 0.6) is 0 Å². The molecule has 1 amide bonds. The van der Waals surface area contributed by atoms with Crippen LogP contribution in [0.25, 0.3) is 0 Å². The van der Waals surface area contributed by atoms with Gasteiger partial charge in [0.15, 0.2) is 5.78 Å². The molecular weight excluding hydrogens is 394 g/mol. The second-order valence-corrected chi connectivity index (χ2v) is 10.7. The summed E-state index contributed by atoms with van der Waals surface area (Å²) in [6.45, 7) is 4.94. The van der Waals surface area contributed by atoms with E-state index in [1.54, 1.807) is 7.05 Å². The largest absolute Gasteiger partial charge is 0.458 e. The maximum atomic E-state index is 12.2. The van der Waals surface area contributed by atoms with Gasteiger partial charge in [0.25, 0.3) is 0 Å². The number of fused-ring (bicyclic) bond motifs is 6. The Labute approximate surface area is 183 Å². The minimum atomic E-state index is -0.418. The van der Waals surface area contributed by atoms with E-state index in [1.165, 1.54) is 11.1 Å². The number of rotatable bonds is 2. The Bertz CT molecular complexity index is 906. The van der Waals surface area contributed by atoms with Crippen LogP contribution >= 0.6 is 0 Å². The lowest BCUT2D eigenvalue weighted by Crippen LogP contribution is -2.53. The number of allylic oxidation sites excluding steroid dienone is 4.